The first kappa shape index (κ1) is 29.8. The number of hydrogen-bond donors (Lipinski definition) is 2. The number of nitrogens with two attached hydrogens (primary N) is 1. The molecule has 14 heteroatoms. The molecule has 1 spiro atoms. The van der Waals surface area contributed by atoms with E-state index in [1.165, 1.54) is 12.1 Å². The molecule has 2 saturated heterocycles. The molecule has 46 heavy (non-hydrogen) atoms. The number of ether oxygens (including phenoxy) is 2. The number of aliphatic hydroxyl groups excluding tert-OH is 1. The minimum absolute atomic E-state index is 0.00905. The summed E-state index contributed by atoms with van der Waals surface area (Å²) >= 11 is 7.96. The lowest BCUT2D eigenvalue weighted by molar-refractivity contribution is -0.128. The van der Waals surface area contributed by atoms with Gasteiger partial charge in [-0.1, -0.05) is 17.7 Å². The van der Waals surface area contributed by atoms with Gasteiger partial charge in [-0.15, -0.1) is 11.3 Å². The van der Waals surface area contributed by atoms with Crippen LogP contribution in [-0.2, 0) is 0 Å². The Morgan fingerprint density at radius 2 is 2.07 bits per heavy atom. The molecule has 3 aliphatic heterocycles. The van der Waals surface area contributed by atoms with E-state index < -0.39 is 35.1 Å². The number of fused-ring (bicyclic) bond motifs is 2. The highest BCUT2D eigenvalue weighted by atomic mass is 35.5. The Morgan fingerprint density at radius 3 is 2.80 bits per heavy atom. The summed E-state index contributed by atoms with van der Waals surface area (Å²) in [6, 6.07) is 4.47. The molecular weight excluding hydrogens is 641 g/mol. The lowest BCUT2D eigenvalue weighted by Crippen LogP contribution is -2.57. The second-order valence-electron chi connectivity index (χ2n) is 12.9. The summed E-state index contributed by atoms with van der Waals surface area (Å²) in [5.41, 5.74) is 4.50. The van der Waals surface area contributed by atoms with E-state index >= 15 is 4.39 Å². The number of nitriles is 1. The fourth-order valence-corrected chi connectivity index (χ4v) is 9.05. The Kier molecular flexibility index (Phi) is 6.78. The van der Waals surface area contributed by atoms with Crippen LogP contribution in [0.4, 0.5) is 24.0 Å². The zero-order valence-corrected chi connectivity index (χ0v) is 26.5. The summed E-state index contributed by atoms with van der Waals surface area (Å²) in [5.74, 6) is -1.05. The third kappa shape index (κ3) is 4.19. The van der Waals surface area contributed by atoms with Crippen LogP contribution in [-0.4, -0.2) is 76.7 Å². The molecule has 2 unspecified atom stereocenters. The fraction of sp³-hybridized carbons (Fsp3) is 0.469. The van der Waals surface area contributed by atoms with Crippen molar-refractivity contribution < 1.29 is 27.8 Å². The molecule has 2 aromatic heterocycles. The largest absolute Gasteiger partial charge is 0.482 e. The zero-order chi connectivity index (χ0) is 32.1. The Balaban J connectivity index is 1.36. The van der Waals surface area contributed by atoms with Crippen LogP contribution in [0.1, 0.15) is 44.1 Å². The molecule has 3 N–H and O–H groups in total. The second-order valence-corrected chi connectivity index (χ2v) is 14.3. The molecule has 9 nitrogen and oxygen atoms in total. The van der Waals surface area contributed by atoms with Crippen molar-refractivity contribution in [3.05, 3.63) is 34.4 Å². The zero-order valence-electron chi connectivity index (χ0n) is 24.9. The van der Waals surface area contributed by atoms with E-state index in [1.54, 1.807) is 7.05 Å². The molecule has 3 fully saturated rings. The summed E-state index contributed by atoms with van der Waals surface area (Å²) in [4.78, 5) is 13.2. The van der Waals surface area contributed by atoms with Crippen LogP contribution in [0.15, 0.2) is 12.1 Å². The predicted octanol–water partition coefficient (Wildman–Crippen LogP) is 5.96. The Hall–Kier alpha value is -3.57. The van der Waals surface area contributed by atoms with Crippen molar-refractivity contribution in [2.75, 3.05) is 43.9 Å². The van der Waals surface area contributed by atoms with Gasteiger partial charge in [0, 0.05) is 43.9 Å². The van der Waals surface area contributed by atoms with Gasteiger partial charge in [0.15, 0.2) is 11.6 Å². The van der Waals surface area contributed by atoms with Gasteiger partial charge in [0.2, 0.25) is 0 Å². The summed E-state index contributed by atoms with van der Waals surface area (Å²) < 4.78 is 59.4. The number of aliphatic hydroxyl groups is 1. The molecule has 4 aromatic rings. The number of thiophene rings is 1. The number of halogens is 4. The average molecular weight is 671 g/mol. The second kappa shape index (κ2) is 10.5. The summed E-state index contributed by atoms with van der Waals surface area (Å²) in [6.07, 6.45) is 1.84. The minimum Gasteiger partial charge on any atom is -0.482 e. The van der Waals surface area contributed by atoms with Gasteiger partial charge in [-0.2, -0.15) is 15.2 Å². The Labute approximate surface area is 271 Å². The molecule has 0 bridgehead atoms. The lowest BCUT2D eigenvalue weighted by Gasteiger charge is -2.48. The molecule has 5 heterocycles. The van der Waals surface area contributed by atoms with Gasteiger partial charge in [-0.25, -0.2) is 13.2 Å². The van der Waals surface area contributed by atoms with Gasteiger partial charge in [0.05, 0.1) is 32.3 Å². The molecule has 1 saturated carbocycles. The first-order valence-corrected chi connectivity index (χ1v) is 16.5. The van der Waals surface area contributed by atoms with Crippen LogP contribution >= 0.6 is 22.9 Å². The van der Waals surface area contributed by atoms with Gasteiger partial charge in [0.1, 0.15) is 46.6 Å². The molecule has 8 rings (SSSR count). The van der Waals surface area contributed by atoms with Gasteiger partial charge in [-0.3, -0.25) is 4.90 Å². The molecule has 0 amide bonds. The van der Waals surface area contributed by atoms with E-state index in [0.29, 0.717) is 44.6 Å². The standard InChI is InChI=1S/C32H30ClF3N6O3S/c1-41-10-8-32(7-5-19(32)43)45-26-22-25(39-30(40-29(22)41)44-14-31-6-2-9-42(31)13-15(34)11-31)24(36)21(23(26)33)16-3-4-18(35)27-20(16)17(12-37)28(38)46-27/h3-4,15,19,43H,2,5-11,13-14,38H2,1H3/t15-,19?,31+,32?/m1/s1. The number of rotatable bonds is 4. The summed E-state index contributed by atoms with van der Waals surface area (Å²) in [7, 11) is 1.80. The van der Waals surface area contributed by atoms with E-state index in [4.69, 9.17) is 31.8 Å². The van der Waals surface area contributed by atoms with Gasteiger partial charge >= 0.3 is 6.01 Å². The van der Waals surface area contributed by atoms with E-state index in [2.05, 4.69) is 9.88 Å². The number of hydrogen-bond acceptors (Lipinski definition) is 10. The van der Waals surface area contributed by atoms with E-state index in [1.807, 2.05) is 11.0 Å². The number of nitrogen functional groups attached to an aromatic ring is 1. The fourth-order valence-electron chi connectivity index (χ4n) is 7.79. The van der Waals surface area contributed by atoms with Crippen molar-refractivity contribution in [3.8, 4) is 29.0 Å². The molecular formula is C32H30ClF3N6O3S. The third-order valence-electron chi connectivity index (χ3n) is 10.4. The molecule has 1 aliphatic carbocycles. The van der Waals surface area contributed by atoms with E-state index in [-0.39, 0.29) is 66.1 Å². The van der Waals surface area contributed by atoms with Gasteiger partial charge < -0.3 is 25.2 Å². The number of nitrogens with zero attached hydrogens (tertiary/aromatic N) is 5. The van der Waals surface area contributed by atoms with Crippen LogP contribution in [0.5, 0.6) is 11.8 Å². The third-order valence-corrected chi connectivity index (χ3v) is 11.7. The van der Waals surface area contributed by atoms with Gasteiger partial charge in [0.25, 0.3) is 0 Å². The van der Waals surface area contributed by atoms with Crippen LogP contribution in [0, 0.1) is 23.0 Å². The number of aromatic nitrogens is 2. The smallest absolute Gasteiger partial charge is 0.319 e. The molecule has 4 aliphatic rings. The molecule has 4 atom stereocenters. The van der Waals surface area contributed by atoms with Crippen LogP contribution in [0.3, 0.4) is 0 Å². The number of alkyl halides is 1. The highest BCUT2D eigenvalue weighted by molar-refractivity contribution is 7.23. The van der Waals surface area contributed by atoms with Crippen LogP contribution < -0.4 is 20.1 Å². The Morgan fingerprint density at radius 1 is 1.24 bits per heavy atom. The van der Waals surface area contributed by atoms with Gasteiger partial charge in [-0.05, 0) is 43.9 Å². The highest BCUT2D eigenvalue weighted by Crippen LogP contribution is 2.53. The van der Waals surface area contributed by atoms with Crippen LogP contribution in [0.2, 0.25) is 5.02 Å². The normalized spacial score (nSPS) is 27.4. The highest BCUT2D eigenvalue weighted by Gasteiger charge is 2.51. The monoisotopic (exact) mass is 670 g/mol. The predicted molar refractivity (Wildman–Crippen MR) is 169 cm³/mol. The maximum Gasteiger partial charge on any atom is 0.319 e. The van der Waals surface area contributed by atoms with E-state index in [9.17, 15) is 19.1 Å². The lowest BCUT2D eigenvalue weighted by atomic mass is 9.74. The molecule has 240 valence electrons. The van der Waals surface area contributed by atoms with Crippen molar-refractivity contribution in [1.29, 1.82) is 5.26 Å². The topological polar surface area (TPSA) is 121 Å². The van der Waals surface area contributed by atoms with Crippen molar-refractivity contribution in [2.45, 2.75) is 61.9 Å². The first-order chi connectivity index (χ1) is 22.1. The van der Waals surface area contributed by atoms with Crippen molar-refractivity contribution in [1.82, 2.24) is 14.9 Å². The maximum absolute atomic E-state index is 17.1. The summed E-state index contributed by atoms with van der Waals surface area (Å²) in [6.45, 7) is 1.71. The number of anilines is 2. The minimum atomic E-state index is -0.966. The van der Waals surface area contributed by atoms with Crippen molar-refractivity contribution >= 4 is 54.7 Å². The first-order valence-electron chi connectivity index (χ1n) is 15.3. The molecule has 2 aromatic carbocycles. The van der Waals surface area contributed by atoms with Crippen molar-refractivity contribution in [2.24, 2.45) is 0 Å². The quantitative estimate of drug-likeness (QED) is 0.271. The number of benzene rings is 2. The van der Waals surface area contributed by atoms with E-state index in [0.717, 1.165) is 30.7 Å². The SMILES string of the molecule is CN1CCC2(CCC2O)Oc2c(Cl)c(-c3ccc(F)c4sc(N)c(C#N)c34)c(F)c3nc(OC[C@@]45CCCN4C[C@H](F)C5)nc1c23. The Bertz CT molecular complexity index is 1990. The maximum atomic E-state index is 17.1. The van der Waals surface area contributed by atoms with Crippen molar-refractivity contribution in [3.63, 3.8) is 0 Å². The molecule has 0 radical (unpaired) electrons. The average Bonchev–Trinajstić information content (AvgIpc) is 3.68. The van der Waals surface area contributed by atoms with Crippen LogP contribution in [0.25, 0.3) is 32.1 Å². The summed E-state index contributed by atoms with van der Waals surface area (Å²) in [5, 5.41) is 21.1.